The Hall–Kier alpha value is -1.84. The van der Waals surface area contributed by atoms with Crippen molar-refractivity contribution in [2.75, 3.05) is 13.6 Å². The Balaban J connectivity index is 2.63. The molecule has 0 aliphatic rings. The van der Waals surface area contributed by atoms with E-state index >= 15 is 0 Å². The Labute approximate surface area is 127 Å². The fourth-order valence-electron chi connectivity index (χ4n) is 1.81. The molecule has 116 valence electrons. The molecule has 0 heterocycles. The Morgan fingerprint density at radius 2 is 1.76 bits per heavy atom. The number of nitrogens with zero attached hydrogens (tertiary/aromatic N) is 2. The van der Waals surface area contributed by atoms with Crippen LogP contribution in [0.5, 0.6) is 0 Å². The lowest BCUT2D eigenvalue weighted by Crippen LogP contribution is -2.41. The molecule has 0 atom stereocenters. The summed E-state index contributed by atoms with van der Waals surface area (Å²) < 4.78 is 5.34. The third-order valence-electron chi connectivity index (χ3n) is 2.69. The summed E-state index contributed by atoms with van der Waals surface area (Å²) in [6.45, 7) is 10.1. The highest BCUT2D eigenvalue weighted by atomic mass is 16.6. The standard InChI is InChI=1S/C17H26N2O2/c1-16(2,3)21-15(20)19(6)13-17(4,5)18-12-14-10-8-7-9-11-14/h7-12H,13H2,1-6H3. The van der Waals surface area contributed by atoms with Crippen LogP contribution in [-0.4, -0.2) is 41.9 Å². The van der Waals surface area contributed by atoms with Gasteiger partial charge in [0.2, 0.25) is 0 Å². The number of rotatable bonds is 4. The highest BCUT2D eigenvalue weighted by Gasteiger charge is 2.25. The Morgan fingerprint density at radius 3 is 2.29 bits per heavy atom. The molecule has 0 aromatic heterocycles. The van der Waals surface area contributed by atoms with Gasteiger partial charge in [-0.3, -0.25) is 4.99 Å². The minimum atomic E-state index is -0.483. The van der Waals surface area contributed by atoms with Crippen molar-refractivity contribution in [3.05, 3.63) is 35.9 Å². The van der Waals surface area contributed by atoms with Crippen LogP contribution in [0, 0.1) is 0 Å². The van der Waals surface area contributed by atoms with E-state index in [2.05, 4.69) is 4.99 Å². The second kappa shape index (κ2) is 6.74. The van der Waals surface area contributed by atoms with Crippen LogP contribution >= 0.6 is 0 Å². The molecular weight excluding hydrogens is 264 g/mol. The lowest BCUT2D eigenvalue weighted by molar-refractivity contribution is 0.0271. The molecule has 0 N–H and O–H groups in total. The average Bonchev–Trinajstić information content (AvgIpc) is 2.35. The van der Waals surface area contributed by atoms with Gasteiger partial charge in [0.15, 0.2) is 0 Å². The van der Waals surface area contributed by atoms with E-state index in [0.717, 1.165) is 5.56 Å². The minimum absolute atomic E-state index is 0.328. The number of carbonyl (C=O) groups is 1. The molecule has 1 amide bonds. The minimum Gasteiger partial charge on any atom is -0.444 e. The molecule has 0 aliphatic carbocycles. The van der Waals surface area contributed by atoms with E-state index in [4.69, 9.17) is 4.74 Å². The maximum absolute atomic E-state index is 12.0. The van der Waals surface area contributed by atoms with Gasteiger partial charge in [-0.05, 0) is 40.2 Å². The van der Waals surface area contributed by atoms with Gasteiger partial charge in [0.25, 0.3) is 0 Å². The normalized spacial score (nSPS) is 12.5. The van der Waals surface area contributed by atoms with Gasteiger partial charge in [0.1, 0.15) is 5.60 Å². The van der Waals surface area contributed by atoms with Gasteiger partial charge in [0.05, 0.1) is 5.54 Å². The van der Waals surface area contributed by atoms with Crippen LogP contribution in [0.15, 0.2) is 35.3 Å². The third kappa shape index (κ3) is 6.93. The summed E-state index contributed by atoms with van der Waals surface area (Å²) in [5.41, 5.74) is 0.190. The zero-order valence-corrected chi connectivity index (χ0v) is 13.9. The van der Waals surface area contributed by atoms with Crippen molar-refractivity contribution in [3.63, 3.8) is 0 Å². The molecule has 1 aromatic carbocycles. The summed E-state index contributed by atoms with van der Waals surface area (Å²) in [6, 6.07) is 9.91. The molecule has 0 spiro atoms. The number of hydrogen-bond donors (Lipinski definition) is 0. The van der Waals surface area contributed by atoms with Gasteiger partial charge < -0.3 is 9.64 Å². The molecule has 0 aliphatic heterocycles. The van der Waals surface area contributed by atoms with E-state index in [-0.39, 0.29) is 11.6 Å². The first kappa shape index (κ1) is 17.2. The van der Waals surface area contributed by atoms with E-state index in [0.29, 0.717) is 6.54 Å². The van der Waals surface area contributed by atoms with Crippen molar-refractivity contribution in [1.29, 1.82) is 0 Å². The summed E-state index contributed by atoms with van der Waals surface area (Å²) >= 11 is 0. The predicted octanol–water partition coefficient (Wildman–Crippen LogP) is 3.75. The first-order valence-electron chi connectivity index (χ1n) is 7.13. The Morgan fingerprint density at radius 1 is 1.19 bits per heavy atom. The Kier molecular flexibility index (Phi) is 5.53. The molecular formula is C17H26N2O2. The number of hydrogen-bond acceptors (Lipinski definition) is 3. The van der Waals surface area contributed by atoms with Gasteiger partial charge in [-0.25, -0.2) is 4.79 Å². The second-order valence-corrected chi connectivity index (χ2v) is 6.82. The van der Waals surface area contributed by atoms with Gasteiger partial charge in [-0.2, -0.15) is 0 Å². The fraction of sp³-hybridized carbons (Fsp3) is 0.529. The van der Waals surface area contributed by atoms with Crippen molar-refractivity contribution in [3.8, 4) is 0 Å². The fourth-order valence-corrected chi connectivity index (χ4v) is 1.81. The maximum Gasteiger partial charge on any atom is 0.410 e. The SMILES string of the molecule is CN(CC(C)(C)N=Cc1ccccc1)C(=O)OC(C)(C)C. The van der Waals surface area contributed by atoms with Crippen LogP contribution in [0.2, 0.25) is 0 Å². The van der Waals surface area contributed by atoms with Crippen molar-refractivity contribution in [2.45, 2.75) is 45.8 Å². The first-order chi connectivity index (χ1) is 9.59. The first-order valence-corrected chi connectivity index (χ1v) is 7.13. The molecule has 1 rings (SSSR count). The van der Waals surface area contributed by atoms with E-state index in [9.17, 15) is 4.79 Å². The summed E-state index contributed by atoms with van der Waals surface area (Å²) in [5.74, 6) is 0. The largest absolute Gasteiger partial charge is 0.444 e. The molecule has 0 unspecified atom stereocenters. The third-order valence-corrected chi connectivity index (χ3v) is 2.69. The molecule has 4 heteroatoms. The van der Waals surface area contributed by atoms with Crippen molar-refractivity contribution >= 4 is 12.3 Å². The van der Waals surface area contributed by atoms with Crippen molar-refractivity contribution in [2.24, 2.45) is 4.99 Å². The van der Waals surface area contributed by atoms with E-state index in [1.807, 2.05) is 71.2 Å². The molecule has 4 nitrogen and oxygen atoms in total. The van der Waals surface area contributed by atoms with Crippen LogP contribution < -0.4 is 0 Å². The maximum atomic E-state index is 12.0. The number of amides is 1. The van der Waals surface area contributed by atoms with Crippen LogP contribution in [0.25, 0.3) is 0 Å². The lowest BCUT2D eigenvalue weighted by Gasteiger charge is -2.29. The summed E-state index contributed by atoms with van der Waals surface area (Å²) in [4.78, 5) is 18.1. The zero-order chi connectivity index (χ0) is 16.1. The summed E-state index contributed by atoms with van der Waals surface area (Å²) in [7, 11) is 1.73. The number of likely N-dealkylation sites (N-methyl/N-ethyl adjacent to an activating group) is 1. The molecule has 0 saturated heterocycles. The van der Waals surface area contributed by atoms with Gasteiger partial charge in [0, 0.05) is 19.8 Å². The Bertz CT molecular complexity index is 487. The topological polar surface area (TPSA) is 41.9 Å². The van der Waals surface area contributed by atoms with Crippen LogP contribution in [0.3, 0.4) is 0 Å². The number of benzene rings is 1. The van der Waals surface area contributed by atoms with Gasteiger partial charge in [-0.1, -0.05) is 30.3 Å². The monoisotopic (exact) mass is 290 g/mol. The molecule has 0 radical (unpaired) electrons. The predicted molar refractivity (Wildman–Crippen MR) is 87.0 cm³/mol. The molecule has 0 bridgehead atoms. The smallest absolute Gasteiger partial charge is 0.410 e. The second-order valence-electron chi connectivity index (χ2n) is 6.82. The van der Waals surface area contributed by atoms with Gasteiger partial charge >= 0.3 is 6.09 Å². The van der Waals surface area contributed by atoms with E-state index in [1.54, 1.807) is 11.9 Å². The van der Waals surface area contributed by atoms with Crippen LogP contribution in [0.1, 0.15) is 40.2 Å². The quantitative estimate of drug-likeness (QED) is 0.792. The molecule has 1 aromatic rings. The van der Waals surface area contributed by atoms with E-state index in [1.165, 1.54) is 0 Å². The highest BCUT2D eigenvalue weighted by molar-refractivity contribution is 5.79. The average molecular weight is 290 g/mol. The highest BCUT2D eigenvalue weighted by Crippen LogP contribution is 2.14. The van der Waals surface area contributed by atoms with Crippen LogP contribution in [-0.2, 0) is 4.74 Å². The number of carbonyl (C=O) groups excluding carboxylic acids is 1. The zero-order valence-electron chi connectivity index (χ0n) is 13.9. The number of aliphatic imine (C=N–C) groups is 1. The lowest BCUT2D eigenvalue weighted by atomic mass is 10.1. The molecule has 21 heavy (non-hydrogen) atoms. The van der Waals surface area contributed by atoms with Crippen LogP contribution in [0.4, 0.5) is 4.79 Å². The van der Waals surface area contributed by atoms with E-state index < -0.39 is 5.60 Å². The summed E-state index contributed by atoms with van der Waals surface area (Å²) in [6.07, 6.45) is 1.51. The molecule has 0 saturated carbocycles. The van der Waals surface area contributed by atoms with Gasteiger partial charge in [-0.15, -0.1) is 0 Å². The van der Waals surface area contributed by atoms with Crippen molar-refractivity contribution < 1.29 is 9.53 Å². The van der Waals surface area contributed by atoms with Crippen molar-refractivity contribution in [1.82, 2.24) is 4.90 Å². The summed E-state index contributed by atoms with van der Waals surface area (Å²) in [5, 5.41) is 0. The number of ether oxygens (including phenoxy) is 1. The molecule has 0 fully saturated rings.